The van der Waals surface area contributed by atoms with Crippen molar-refractivity contribution < 1.29 is 18.4 Å². The summed E-state index contributed by atoms with van der Waals surface area (Å²) in [6.45, 7) is 0.201. The van der Waals surface area contributed by atoms with Gasteiger partial charge in [0.1, 0.15) is 18.6 Å². The van der Waals surface area contributed by atoms with Crippen molar-refractivity contribution in [1.29, 1.82) is 0 Å². The normalized spacial score (nSPS) is 11.0. The summed E-state index contributed by atoms with van der Waals surface area (Å²) in [4.78, 5) is 5.08. The first-order chi connectivity index (χ1) is 10.2. The van der Waals surface area contributed by atoms with Crippen molar-refractivity contribution in [2.75, 3.05) is 7.11 Å². The van der Waals surface area contributed by atoms with Crippen LogP contribution in [0.5, 0.6) is 5.75 Å². The largest absolute Gasteiger partial charge is 0.497 e. The Kier molecular flexibility index (Phi) is 5.26. The van der Waals surface area contributed by atoms with Gasteiger partial charge in [-0.3, -0.25) is 0 Å². The fourth-order valence-corrected chi connectivity index (χ4v) is 1.62. The van der Waals surface area contributed by atoms with Crippen LogP contribution in [0.1, 0.15) is 23.1 Å². The number of halogens is 2. The van der Waals surface area contributed by atoms with E-state index in [1.807, 2.05) is 0 Å². The van der Waals surface area contributed by atoms with Crippen molar-refractivity contribution in [2.24, 2.45) is 5.16 Å². The Morgan fingerprint density at radius 2 is 1.71 bits per heavy atom. The summed E-state index contributed by atoms with van der Waals surface area (Å²) in [5, 5.41) is 3.71. The van der Waals surface area contributed by atoms with Gasteiger partial charge in [0.2, 0.25) is 0 Å². The van der Waals surface area contributed by atoms with E-state index in [1.54, 1.807) is 43.5 Å². The highest BCUT2D eigenvalue weighted by molar-refractivity contribution is 5.79. The number of nitrogens with zero attached hydrogens (tertiary/aromatic N) is 1. The second kappa shape index (κ2) is 7.38. The lowest BCUT2D eigenvalue weighted by Gasteiger charge is -2.02. The molecular weight excluding hydrogens is 276 g/mol. The van der Waals surface area contributed by atoms with Crippen molar-refractivity contribution in [3.63, 3.8) is 0 Å². The first-order valence-corrected chi connectivity index (χ1v) is 6.28. The van der Waals surface area contributed by atoms with Gasteiger partial charge in [0, 0.05) is 11.1 Å². The van der Waals surface area contributed by atoms with Crippen molar-refractivity contribution in [1.82, 2.24) is 0 Å². The van der Waals surface area contributed by atoms with E-state index in [-0.39, 0.29) is 12.2 Å². The van der Waals surface area contributed by atoms with Crippen LogP contribution in [0, 0.1) is 0 Å². The van der Waals surface area contributed by atoms with Crippen LogP contribution < -0.4 is 4.74 Å². The third-order valence-electron chi connectivity index (χ3n) is 2.79. The van der Waals surface area contributed by atoms with Gasteiger partial charge < -0.3 is 9.57 Å². The second-order valence-electron chi connectivity index (χ2n) is 4.25. The molecule has 3 nitrogen and oxygen atoms in total. The van der Waals surface area contributed by atoms with Gasteiger partial charge in [-0.25, -0.2) is 8.78 Å². The van der Waals surface area contributed by atoms with E-state index in [0.29, 0.717) is 0 Å². The van der Waals surface area contributed by atoms with Gasteiger partial charge in [-0.05, 0) is 29.8 Å². The molecule has 0 saturated carbocycles. The number of hydrogen-bond donors (Lipinski definition) is 0. The zero-order valence-electron chi connectivity index (χ0n) is 11.4. The lowest BCUT2D eigenvalue weighted by Crippen LogP contribution is -1.90. The van der Waals surface area contributed by atoms with Gasteiger partial charge in [-0.2, -0.15) is 0 Å². The summed E-state index contributed by atoms with van der Waals surface area (Å²) in [6, 6.07) is 13.1. The molecule has 0 fully saturated rings. The molecule has 21 heavy (non-hydrogen) atoms. The maximum atomic E-state index is 12.4. The molecule has 2 aromatic rings. The Morgan fingerprint density at radius 3 is 2.29 bits per heavy atom. The number of methoxy groups -OCH3 is 1. The van der Waals surface area contributed by atoms with Crippen LogP contribution in [0.2, 0.25) is 0 Å². The van der Waals surface area contributed by atoms with Crippen LogP contribution in [-0.4, -0.2) is 13.3 Å². The summed E-state index contributed by atoms with van der Waals surface area (Å²) in [5.41, 5.74) is 1.51. The molecule has 0 bridgehead atoms. The van der Waals surface area contributed by atoms with Gasteiger partial charge >= 0.3 is 0 Å². The Balaban J connectivity index is 1.84. The number of alkyl halides is 2. The predicted molar refractivity (Wildman–Crippen MR) is 75.7 cm³/mol. The Labute approximate surface area is 121 Å². The van der Waals surface area contributed by atoms with Crippen molar-refractivity contribution >= 4 is 6.21 Å². The maximum absolute atomic E-state index is 12.4. The van der Waals surface area contributed by atoms with Crippen LogP contribution in [0.4, 0.5) is 8.78 Å². The van der Waals surface area contributed by atoms with E-state index in [1.165, 1.54) is 12.1 Å². The van der Waals surface area contributed by atoms with Gasteiger partial charge in [-0.15, -0.1) is 0 Å². The second-order valence-corrected chi connectivity index (χ2v) is 4.25. The summed E-state index contributed by atoms with van der Waals surface area (Å²) in [6.07, 6.45) is 0.266. The van der Waals surface area contributed by atoms with E-state index in [2.05, 4.69) is 11.4 Å². The van der Waals surface area contributed by atoms with Gasteiger partial charge in [-0.1, -0.05) is 29.4 Å². The molecule has 2 rings (SSSR count). The third kappa shape index (κ3) is 4.56. The molecule has 0 aliphatic rings. The Bertz CT molecular complexity index is 580. The van der Waals surface area contributed by atoms with Gasteiger partial charge in [0.15, 0.2) is 0 Å². The Morgan fingerprint density at radius 1 is 1.05 bits per heavy atom. The molecule has 2 aromatic carbocycles. The molecule has 109 valence electrons. The minimum atomic E-state index is -2.46. The molecule has 0 aliphatic carbocycles. The molecule has 0 aromatic heterocycles. The molecular formula is C16H14F2NO2. The molecule has 0 aliphatic heterocycles. The van der Waals surface area contributed by atoms with E-state index >= 15 is 0 Å². The first kappa shape index (κ1) is 15.0. The van der Waals surface area contributed by atoms with E-state index in [0.717, 1.165) is 16.9 Å². The highest BCUT2D eigenvalue weighted by Gasteiger charge is 2.05. The smallest absolute Gasteiger partial charge is 0.263 e. The molecule has 0 unspecified atom stereocenters. The van der Waals surface area contributed by atoms with Crippen molar-refractivity contribution in [3.05, 3.63) is 65.2 Å². The zero-order chi connectivity index (χ0) is 15.1. The summed E-state index contributed by atoms with van der Waals surface area (Å²) >= 11 is 0. The molecule has 0 N–H and O–H groups in total. The minimum Gasteiger partial charge on any atom is -0.497 e. The van der Waals surface area contributed by atoms with Crippen LogP contribution in [0.15, 0.2) is 53.7 Å². The summed E-state index contributed by atoms with van der Waals surface area (Å²) < 4.78 is 29.8. The lowest BCUT2D eigenvalue weighted by atomic mass is 10.1. The van der Waals surface area contributed by atoms with Gasteiger partial charge in [0.05, 0.1) is 7.11 Å². The van der Waals surface area contributed by atoms with Crippen LogP contribution >= 0.6 is 0 Å². The SMILES string of the molecule is COc1ccc(/[C]=N\OCc2ccc(C(F)F)cc2)cc1. The molecule has 0 amide bonds. The first-order valence-electron chi connectivity index (χ1n) is 6.28. The molecule has 1 radical (unpaired) electrons. The summed E-state index contributed by atoms with van der Waals surface area (Å²) in [7, 11) is 1.59. The van der Waals surface area contributed by atoms with Crippen LogP contribution in [0.25, 0.3) is 0 Å². The summed E-state index contributed by atoms with van der Waals surface area (Å²) in [5.74, 6) is 0.751. The number of benzene rings is 2. The molecule has 0 saturated heterocycles. The van der Waals surface area contributed by atoms with Crippen molar-refractivity contribution in [3.8, 4) is 5.75 Å². The highest BCUT2D eigenvalue weighted by atomic mass is 19.3. The fourth-order valence-electron chi connectivity index (χ4n) is 1.62. The number of ether oxygens (including phenoxy) is 1. The molecule has 0 atom stereocenters. The average molecular weight is 290 g/mol. The predicted octanol–water partition coefficient (Wildman–Crippen LogP) is 4.06. The van der Waals surface area contributed by atoms with Crippen LogP contribution in [-0.2, 0) is 11.4 Å². The standard InChI is InChI=1S/C16H14F2NO2/c1-20-15-8-4-12(5-9-15)10-19-21-11-13-2-6-14(7-3-13)16(17)18/h2-9,16H,11H2,1H3. The van der Waals surface area contributed by atoms with Crippen LogP contribution in [0.3, 0.4) is 0 Å². The van der Waals surface area contributed by atoms with E-state index < -0.39 is 6.43 Å². The number of rotatable bonds is 6. The zero-order valence-corrected chi connectivity index (χ0v) is 11.4. The van der Waals surface area contributed by atoms with E-state index in [4.69, 9.17) is 9.57 Å². The Hall–Kier alpha value is -2.43. The van der Waals surface area contributed by atoms with Gasteiger partial charge in [0.25, 0.3) is 6.43 Å². The molecule has 5 heteroatoms. The molecule has 0 heterocycles. The lowest BCUT2D eigenvalue weighted by molar-refractivity contribution is 0.131. The minimum absolute atomic E-state index is 0.00736. The number of hydrogen-bond acceptors (Lipinski definition) is 3. The fraction of sp³-hybridized carbons (Fsp3) is 0.188. The highest BCUT2D eigenvalue weighted by Crippen LogP contribution is 2.18. The average Bonchev–Trinajstić information content (AvgIpc) is 2.52. The topological polar surface area (TPSA) is 30.8 Å². The molecule has 0 spiro atoms. The quantitative estimate of drug-likeness (QED) is 0.593. The van der Waals surface area contributed by atoms with Crippen molar-refractivity contribution in [2.45, 2.75) is 13.0 Å². The maximum Gasteiger partial charge on any atom is 0.263 e. The third-order valence-corrected chi connectivity index (χ3v) is 2.79. The van der Waals surface area contributed by atoms with E-state index in [9.17, 15) is 8.78 Å². The monoisotopic (exact) mass is 290 g/mol.